The first kappa shape index (κ1) is 18.9. The number of benzene rings is 1. The Balaban J connectivity index is 1.87. The molecule has 0 aliphatic carbocycles. The van der Waals surface area contributed by atoms with Gasteiger partial charge in [-0.2, -0.15) is 5.10 Å². The van der Waals surface area contributed by atoms with Crippen LogP contribution < -0.4 is 4.90 Å². The van der Waals surface area contributed by atoms with Crippen LogP contribution in [0.25, 0.3) is 0 Å². The molecule has 0 saturated heterocycles. The van der Waals surface area contributed by atoms with E-state index in [9.17, 15) is 9.59 Å². The van der Waals surface area contributed by atoms with Gasteiger partial charge in [0.25, 0.3) is 5.91 Å². The lowest BCUT2D eigenvalue weighted by Gasteiger charge is -2.30. The molecule has 0 bridgehead atoms. The maximum Gasteiger partial charge on any atom is 0.254 e. The van der Waals surface area contributed by atoms with Crippen LogP contribution in [-0.4, -0.2) is 39.1 Å². The van der Waals surface area contributed by atoms with Crippen LogP contribution in [0.2, 0.25) is 0 Å². The summed E-state index contributed by atoms with van der Waals surface area (Å²) in [5.41, 5.74) is 3.57. The molecule has 0 atom stereocenters. The molecule has 27 heavy (non-hydrogen) atoms. The number of fused-ring (bicyclic) bond motifs is 1. The van der Waals surface area contributed by atoms with Gasteiger partial charge in [0.15, 0.2) is 0 Å². The molecule has 0 saturated carbocycles. The second-order valence-electron chi connectivity index (χ2n) is 7.19. The van der Waals surface area contributed by atoms with Crippen molar-refractivity contribution in [1.82, 2.24) is 14.7 Å². The fourth-order valence-electron chi connectivity index (χ4n) is 3.47. The predicted octanol–water partition coefficient (Wildman–Crippen LogP) is 2.94. The van der Waals surface area contributed by atoms with Crippen molar-refractivity contribution in [2.24, 2.45) is 7.05 Å². The zero-order valence-electron chi connectivity index (χ0n) is 16.2. The molecular weight excluding hydrogens is 340 g/mol. The van der Waals surface area contributed by atoms with Crippen LogP contribution in [0.5, 0.6) is 0 Å². The molecule has 6 heteroatoms. The van der Waals surface area contributed by atoms with Gasteiger partial charge in [0.1, 0.15) is 0 Å². The molecule has 6 nitrogen and oxygen atoms in total. The molecule has 3 rings (SSSR count). The van der Waals surface area contributed by atoms with Gasteiger partial charge in [-0.25, -0.2) is 0 Å². The fourth-order valence-corrected chi connectivity index (χ4v) is 3.47. The molecule has 1 aromatic heterocycles. The van der Waals surface area contributed by atoms with Crippen molar-refractivity contribution in [1.29, 1.82) is 0 Å². The van der Waals surface area contributed by atoms with E-state index in [1.165, 1.54) is 6.08 Å². The first-order chi connectivity index (χ1) is 12.9. The largest absolute Gasteiger partial charge is 0.332 e. The number of nitrogens with zero attached hydrogens (tertiary/aromatic N) is 4. The van der Waals surface area contributed by atoms with Crippen LogP contribution in [0, 0.1) is 0 Å². The lowest BCUT2D eigenvalue weighted by Crippen LogP contribution is -2.37. The third kappa shape index (κ3) is 3.94. The molecule has 0 radical (unpaired) electrons. The van der Waals surface area contributed by atoms with E-state index in [4.69, 9.17) is 0 Å². The lowest BCUT2D eigenvalue weighted by molar-refractivity contribution is -0.114. The number of rotatable bonds is 5. The average molecular weight is 366 g/mol. The van der Waals surface area contributed by atoms with Gasteiger partial charge in [-0.05, 0) is 56.5 Å². The van der Waals surface area contributed by atoms with Crippen molar-refractivity contribution < 1.29 is 9.59 Å². The molecule has 0 fully saturated rings. The fraction of sp³-hybridized carbons (Fsp3) is 0.381. The third-order valence-corrected chi connectivity index (χ3v) is 4.88. The number of amides is 2. The smallest absolute Gasteiger partial charge is 0.254 e. The number of anilines is 1. The van der Waals surface area contributed by atoms with E-state index in [1.807, 2.05) is 50.2 Å². The van der Waals surface area contributed by atoms with Crippen molar-refractivity contribution in [2.75, 3.05) is 11.4 Å². The molecular formula is C21H26N4O2. The molecule has 2 aromatic rings. The SMILES string of the molecule is C=CC(=O)N1CCCc2cc(C(=O)N(Cc3cnn(C)c3)C(C)C)ccc21. The van der Waals surface area contributed by atoms with E-state index in [-0.39, 0.29) is 17.9 Å². The van der Waals surface area contributed by atoms with E-state index in [1.54, 1.807) is 15.8 Å². The summed E-state index contributed by atoms with van der Waals surface area (Å²) in [5.74, 6) is -0.112. The van der Waals surface area contributed by atoms with E-state index < -0.39 is 0 Å². The van der Waals surface area contributed by atoms with Gasteiger partial charge in [-0.15, -0.1) is 0 Å². The van der Waals surface area contributed by atoms with E-state index in [2.05, 4.69) is 11.7 Å². The molecule has 142 valence electrons. The molecule has 2 amide bonds. The Kier molecular flexibility index (Phi) is 5.44. The van der Waals surface area contributed by atoms with Crippen LogP contribution in [0.1, 0.15) is 41.8 Å². The van der Waals surface area contributed by atoms with E-state index in [0.29, 0.717) is 18.7 Å². The molecule has 1 aromatic carbocycles. The number of hydrogen-bond donors (Lipinski definition) is 0. The minimum Gasteiger partial charge on any atom is -0.332 e. The number of carbonyl (C=O) groups is 2. The summed E-state index contributed by atoms with van der Waals surface area (Å²) >= 11 is 0. The van der Waals surface area contributed by atoms with Crippen LogP contribution >= 0.6 is 0 Å². The van der Waals surface area contributed by atoms with Gasteiger partial charge in [0.2, 0.25) is 5.91 Å². The standard InChI is InChI=1S/C21H26N4O2/c1-5-20(26)24-10-6-7-17-11-18(8-9-19(17)24)21(27)25(15(2)3)14-16-12-22-23(4)13-16/h5,8-9,11-13,15H,1,6-7,10,14H2,2-4H3. The van der Waals surface area contributed by atoms with Gasteiger partial charge in [-0.3, -0.25) is 14.3 Å². The molecule has 1 aliphatic heterocycles. The lowest BCUT2D eigenvalue weighted by atomic mass is 9.98. The van der Waals surface area contributed by atoms with Gasteiger partial charge < -0.3 is 9.80 Å². The van der Waals surface area contributed by atoms with Gasteiger partial charge in [-0.1, -0.05) is 6.58 Å². The predicted molar refractivity (Wildman–Crippen MR) is 106 cm³/mol. The molecule has 0 unspecified atom stereocenters. The highest BCUT2D eigenvalue weighted by Crippen LogP contribution is 2.29. The first-order valence-corrected chi connectivity index (χ1v) is 9.26. The highest BCUT2D eigenvalue weighted by molar-refractivity contribution is 6.02. The number of aryl methyl sites for hydroxylation is 2. The zero-order valence-corrected chi connectivity index (χ0v) is 16.2. The van der Waals surface area contributed by atoms with Crippen LogP contribution in [0.4, 0.5) is 5.69 Å². The first-order valence-electron chi connectivity index (χ1n) is 9.26. The normalized spacial score (nSPS) is 13.4. The van der Waals surface area contributed by atoms with Crippen molar-refractivity contribution in [3.05, 3.63) is 59.9 Å². The number of carbonyl (C=O) groups excluding carboxylic acids is 2. The van der Waals surface area contributed by atoms with Gasteiger partial charge in [0, 0.05) is 49.2 Å². The Bertz CT molecular complexity index is 869. The average Bonchev–Trinajstić information content (AvgIpc) is 3.08. The van der Waals surface area contributed by atoms with Crippen LogP contribution in [0.3, 0.4) is 0 Å². The van der Waals surface area contributed by atoms with Crippen molar-refractivity contribution >= 4 is 17.5 Å². The van der Waals surface area contributed by atoms with Gasteiger partial charge in [0.05, 0.1) is 6.20 Å². The summed E-state index contributed by atoms with van der Waals surface area (Å²) in [5, 5.41) is 4.18. The molecule has 2 heterocycles. The summed E-state index contributed by atoms with van der Waals surface area (Å²) in [7, 11) is 1.87. The third-order valence-electron chi connectivity index (χ3n) is 4.88. The van der Waals surface area contributed by atoms with Crippen LogP contribution in [-0.2, 0) is 24.8 Å². The Hall–Kier alpha value is -2.89. The maximum absolute atomic E-state index is 13.2. The topological polar surface area (TPSA) is 58.4 Å². The van der Waals surface area contributed by atoms with E-state index in [0.717, 1.165) is 29.7 Å². The Labute approximate surface area is 160 Å². The Morgan fingerprint density at radius 3 is 2.78 bits per heavy atom. The summed E-state index contributed by atoms with van der Waals surface area (Å²) in [6.07, 6.45) is 6.79. The van der Waals surface area contributed by atoms with Crippen LogP contribution in [0.15, 0.2) is 43.2 Å². The molecule has 0 N–H and O–H groups in total. The monoisotopic (exact) mass is 366 g/mol. The minimum atomic E-state index is -0.101. The maximum atomic E-state index is 13.2. The Morgan fingerprint density at radius 2 is 2.15 bits per heavy atom. The highest BCUT2D eigenvalue weighted by atomic mass is 16.2. The second-order valence-corrected chi connectivity index (χ2v) is 7.19. The van der Waals surface area contributed by atoms with Crippen molar-refractivity contribution in [3.8, 4) is 0 Å². The van der Waals surface area contributed by atoms with E-state index >= 15 is 0 Å². The van der Waals surface area contributed by atoms with Gasteiger partial charge >= 0.3 is 0 Å². The summed E-state index contributed by atoms with van der Waals surface area (Å²) in [4.78, 5) is 28.8. The number of hydrogen-bond acceptors (Lipinski definition) is 3. The Morgan fingerprint density at radius 1 is 1.37 bits per heavy atom. The second kappa shape index (κ2) is 7.78. The minimum absolute atomic E-state index is 0.0103. The summed E-state index contributed by atoms with van der Waals surface area (Å²) in [6.45, 7) is 8.80. The summed E-state index contributed by atoms with van der Waals surface area (Å²) < 4.78 is 1.74. The zero-order chi connectivity index (χ0) is 19.6. The molecule has 1 aliphatic rings. The summed E-state index contributed by atoms with van der Waals surface area (Å²) in [6, 6.07) is 5.69. The number of aromatic nitrogens is 2. The van der Waals surface area contributed by atoms with Crippen molar-refractivity contribution in [2.45, 2.75) is 39.3 Å². The van der Waals surface area contributed by atoms with Crippen molar-refractivity contribution in [3.63, 3.8) is 0 Å². The highest BCUT2D eigenvalue weighted by Gasteiger charge is 2.24. The quantitative estimate of drug-likeness (QED) is 0.765. The molecule has 0 spiro atoms.